The molecule has 2 aromatic carbocycles. The second-order valence-electron chi connectivity index (χ2n) is 4.85. The lowest BCUT2D eigenvalue weighted by molar-refractivity contribution is -0.384. The third-order valence-electron chi connectivity index (χ3n) is 3.13. The molecular weight excluding hydrogens is 339 g/mol. The first kappa shape index (κ1) is 15.9. The number of nitro groups is 1. The fourth-order valence-corrected chi connectivity index (χ4v) is 2.19. The Morgan fingerprint density at radius 2 is 1.96 bits per heavy atom. The Labute approximate surface area is 140 Å². The first-order chi connectivity index (χ1) is 11.5. The Hall–Kier alpha value is -3.00. The maximum atomic E-state index is 12.9. The monoisotopic (exact) mass is 348 g/mol. The normalized spacial score (nSPS) is 10.6. The van der Waals surface area contributed by atoms with Gasteiger partial charge in [-0.05, 0) is 29.8 Å². The van der Waals surface area contributed by atoms with E-state index < -0.39 is 4.92 Å². The first-order valence-electron chi connectivity index (χ1n) is 6.79. The molecule has 0 spiro atoms. The Bertz CT molecular complexity index is 883. The molecule has 0 bridgehead atoms. The number of halogens is 2. The molecule has 0 aliphatic rings. The predicted molar refractivity (Wildman–Crippen MR) is 84.9 cm³/mol. The van der Waals surface area contributed by atoms with Crippen LogP contribution in [0.2, 0.25) is 5.02 Å². The van der Waals surface area contributed by atoms with Crippen LogP contribution in [0.1, 0.15) is 11.5 Å². The summed E-state index contributed by atoms with van der Waals surface area (Å²) in [6.07, 6.45) is 0.343. The molecule has 0 aliphatic heterocycles. The molecule has 0 amide bonds. The molecule has 3 aromatic rings. The van der Waals surface area contributed by atoms with Gasteiger partial charge in [-0.1, -0.05) is 28.8 Å². The standard InChI is InChI=1S/C15H10ClFN4O3/c16-12-6-5-11(8-13(12)21(22)23)18-15-20-19-14(24-15)7-9-1-3-10(17)4-2-9/h1-6,8H,7H2,(H,18,20). The van der Waals surface area contributed by atoms with Crippen molar-refractivity contribution in [2.24, 2.45) is 0 Å². The van der Waals surface area contributed by atoms with Crippen molar-refractivity contribution >= 4 is 29.0 Å². The Morgan fingerprint density at radius 3 is 2.67 bits per heavy atom. The van der Waals surface area contributed by atoms with Gasteiger partial charge in [0, 0.05) is 11.8 Å². The van der Waals surface area contributed by atoms with E-state index in [1.54, 1.807) is 18.2 Å². The zero-order chi connectivity index (χ0) is 17.1. The van der Waals surface area contributed by atoms with E-state index in [0.717, 1.165) is 5.56 Å². The number of rotatable bonds is 5. The van der Waals surface area contributed by atoms with Crippen molar-refractivity contribution in [1.82, 2.24) is 10.2 Å². The molecule has 0 fully saturated rings. The summed E-state index contributed by atoms with van der Waals surface area (Å²) < 4.78 is 18.3. The van der Waals surface area contributed by atoms with Gasteiger partial charge >= 0.3 is 6.01 Å². The van der Waals surface area contributed by atoms with Crippen LogP contribution in [-0.2, 0) is 6.42 Å². The van der Waals surface area contributed by atoms with Gasteiger partial charge in [0.05, 0.1) is 11.3 Å². The number of anilines is 2. The van der Waals surface area contributed by atoms with Gasteiger partial charge in [-0.2, -0.15) is 0 Å². The molecule has 1 aromatic heterocycles. The highest BCUT2D eigenvalue weighted by Gasteiger charge is 2.14. The highest BCUT2D eigenvalue weighted by atomic mass is 35.5. The van der Waals surface area contributed by atoms with Crippen molar-refractivity contribution < 1.29 is 13.7 Å². The molecule has 24 heavy (non-hydrogen) atoms. The highest BCUT2D eigenvalue weighted by Crippen LogP contribution is 2.28. The van der Waals surface area contributed by atoms with Gasteiger partial charge in [-0.3, -0.25) is 10.1 Å². The number of nitro benzene ring substituents is 1. The zero-order valence-electron chi connectivity index (χ0n) is 12.1. The topological polar surface area (TPSA) is 94.1 Å². The van der Waals surface area contributed by atoms with Crippen molar-refractivity contribution in [3.05, 3.63) is 74.9 Å². The van der Waals surface area contributed by atoms with Gasteiger partial charge in [0.15, 0.2) is 0 Å². The largest absolute Gasteiger partial charge is 0.408 e. The van der Waals surface area contributed by atoms with Gasteiger partial charge in [-0.25, -0.2) is 4.39 Å². The number of hydrogen-bond donors (Lipinski definition) is 1. The molecule has 3 rings (SSSR count). The van der Waals surface area contributed by atoms with Gasteiger partial charge in [0.2, 0.25) is 5.89 Å². The van der Waals surface area contributed by atoms with Crippen LogP contribution in [0.5, 0.6) is 0 Å². The number of benzene rings is 2. The van der Waals surface area contributed by atoms with Gasteiger partial charge < -0.3 is 9.73 Å². The lowest BCUT2D eigenvalue weighted by atomic mass is 10.1. The summed E-state index contributed by atoms with van der Waals surface area (Å²) in [6, 6.07) is 10.2. The number of nitrogens with zero attached hydrogens (tertiary/aromatic N) is 3. The summed E-state index contributed by atoms with van der Waals surface area (Å²) in [5.74, 6) is 0.00328. The van der Waals surface area contributed by atoms with E-state index in [0.29, 0.717) is 18.0 Å². The van der Waals surface area contributed by atoms with E-state index in [2.05, 4.69) is 15.5 Å². The maximum Gasteiger partial charge on any atom is 0.320 e. The lowest BCUT2D eigenvalue weighted by Crippen LogP contribution is -1.94. The first-order valence-corrected chi connectivity index (χ1v) is 7.17. The molecule has 7 nitrogen and oxygen atoms in total. The molecule has 0 atom stereocenters. The molecule has 0 saturated heterocycles. The molecule has 0 aliphatic carbocycles. The summed E-state index contributed by atoms with van der Waals surface area (Å²) in [6.45, 7) is 0. The second kappa shape index (κ2) is 6.63. The second-order valence-corrected chi connectivity index (χ2v) is 5.26. The van der Waals surface area contributed by atoms with Crippen LogP contribution in [0, 0.1) is 15.9 Å². The third kappa shape index (κ3) is 3.66. The minimum absolute atomic E-state index is 0.0353. The summed E-state index contributed by atoms with van der Waals surface area (Å²) >= 11 is 5.75. The number of nitrogens with one attached hydrogen (secondary N) is 1. The Balaban J connectivity index is 1.73. The Morgan fingerprint density at radius 1 is 1.21 bits per heavy atom. The Kier molecular flexibility index (Phi) is 4.39. The quantitative estimate of drug-likeness (QED) is 0.551. The van der Waals surface area contributed by atoms with Crippen molar-refractivity contribution in [3.8, 4) is 0 Å². The van der Waals surface area contributed by atoms with Gasteiger partial charge in [0.1, 0.15) is 10.8 Å². The molecule has 0 saturated carbocycles. The smallest absolute Gasteiger partial charge is 0.320 e. The zero-order valence-corrected chi connectivity index (χ0v) is 12.8. The van der Waals surface area contributed by atoms with Crippen LogP contribution >= 0.6 is 11.6 Å². The van der Waals surface area contributed by atoms with Crippen molar-refractivity contribution in [2.45, 2.75) is 6.42 Å². The average molecular weight is 349 g/mol. The average Bonchev–Trinajstić information content (AvgIpc) is 2.98. The van der Waals surface area contributed by atoms with Crippen molar-refractivity contribution in [2.75, 3.05) is 5.32 Å². The van der Waals surface area contributed by atoms with Crippen LogP contribution in [-0.4, -0.2) is 15.1 Å². The van der Waals surface area contributed by atoms with E-state index in [9.17, 15) is 14.5 Å². The lowest BCUT2D eigenvalue weighted by Gasteiger charge is -2.02. The van der Waals surface area contributed by atoms with E-state index in [1.807, 2.05) is 0 Å². The molecule has 1 N–H and O–H groups in total. The SMILES string of the molecule is O=[N+]([O-])c1cc(Nc2nnc(Cc3ccc(F)cc3)o2)ccc1Cl. The van der Waals surface area contributed by atoms with Crippen LogP contribution in [0.4, 0.5) is 21.8 Å². The van der Waals surface area contributed by atoms with Gasteiger partial charge in [0.25, 0.3) is 5.69 Å². The van der Waals surface area contributed by atoms with Crippen LogP contribution in [0.25, 0.3) is 0 Å². The molecule has 9 heteroatoms. The molecule has 0 radical (unpaired) electrons. The fourth-order valence-electron chi connectivity index (χ4n) is 2.01. The minimum Gasteiger partial charge on any atom is -0.408 e. The summed E-state index contributed by atoms with van der Waals surface area (Å²) in [5, 5.41) is 21.4. The van der Waals surface area contributed by atoms with Crippen molar-refractivity contribution in [1.29, 1.82) is 0 Å². The molecule has 1 heterocycles. The van der Waals surface area contributed by atoms with Crippen LogP contribution in [0.15, 0.2) is 46.9 Å². The van der Waals surface area contributed by atoms with E-state index in [4.69, 9.17) is 16.0 Å². The third-order valence-corrected chi connectivity index (χ3v) is 3.45. The molecule has 0 unspecified atom stereocenters. The summed E-state index contributed by atoms with van der Waals surface area (Å²) in [5.41, 5.74) is 0.976. The van der Waals surface area contributed by atoms with E-state index in [1.165, 1.54) is 24.3 Å². The molecular formula is C15H10ClFN4O3. The minimum atomic E-state index is -0.582. The van der Waals surface area contributed by atoms with Crippen LogP contribution < -0.4 is 5.32 Å². The molecule has 122 valence electrons. The summed E-state index contributed by atoms with van der Waals surface area (Å²) in [4.78, 5) is 10.3. The van der Waals surface area contributed by atoms with Gasteiger partial charge in [-0.15, -0.1) is 5.10 Å². The van der Waals surface area contributed by atoms with E-state index in [-0.39, 0.29) is 22.5 Å². The van der Waals surface area contributed by atoms with Crippen LogP contribution in [0.3, 0.4) is 0 Å². The number of aromatic nitrogens is 2. The van der Waals surface area contributed by atoms with Crippen molar-refractivity contribution in [3.63, 3.8) is 0 Å². The highest BCUT2D eigenvalue weighted by molar-refractivity contribution is 6.32. The number of hydrogen-bond acceptors (Lipinski definition) is 6. The predicted octanol–water partition coefficient (Wildman–Crippen LogP) is 4.10. The summed E-state index contributed by atoms with van der Waals surface area (Å²) in [7, 11) is 0. The fraction of sp³-hybridized carbons (Fsp3) is 0.0667. The maximum absolute atomic E-state index is 12.9. The van der Waals surface area contributed by atoms with E-state index >= 15 is 0 Å².